The van der Waals surface area contributed by atoms with Gasteiger partial charge in [0.25, 0.3) is 0 Å². The monoisotopic (exact) mass is 433 g/mol. The summed E-state index contributed by atoms with van der Waals surface area (Å²) in [4.78, 5) is 16.8. The van der Waals surface area contributed by atoms with Crippen LogP contribution < -0.4 is 0 Å². The van der Waals surface area contributed by atoms with E-state index in [2.05, 4.69) is 73.3 Å². The molecule has 2 atom stereocenters. The molecule has 32 heavy (non-hydrogen) atoms. The zero-order valence-corrected chi connectivity index (χ0v) is 19.9. The zero-order chi connectivity index (χ0) is 23.3. The van der Waals surface area contributed by atoms with E-state index in [1.165, 1.54) is 16.7 Å². The van der Waals surface area contributed by atoms with Crippen molar-refractivity contribution in [1.82, 2.24) is 9.80 Å². The molecule has 0 bridgehead atoms. The molecular weight excluding hydrogens is 398 g/mol. The van der Waals surface area contributed by atoms with Gasteiger partial charge in [-0.3, -0.25) is 9.80 Å². The number of nitrogens with zero attached hydrogens (tertiary/aromatic N) is 3. The van der Waals surface area contributed by atoms with Crippen LogP contribution in [0.5, 0.6) is 0 Å². The lowest BCUT2D eigenvalue weighted by atomic mass is 9.98. The van der Waals surface area contributed by atoms with E-state index in [4.69, 9.17) is 4.74 Å². The second kappa shape index (κ2) is 10.2. The van der Waals surface area contributed by atoms with Gasteiger partial charge in [0.1, 0.15) is 11.6 Å². The van der Waals surface area contributed by atoms with Gasteiger partial charge in [0, 0.05) is 25.7 Å². The Bertz CT molecular complexity index is 943. The number of likely N-dealkylation sites (tertiary alicyclic amines) is 1. The number of ether oxygens (including phenoxy) is 1. The Kier molecular flexibility index (Phi) is 7.58. The molecule has 1 fully saturated rings. The summed E-state index contributed by atoms with van der Waals surface area (Å²) in [5.74, 6) is 0.468. The molecule has 0 aromatic heterocycles. The molecule has 1 saturated heterocycles. The summed E-state index contributed by atoms with van der Waals surface area (Å²) in [7, 11) is 0. The molecule has 2 aromatic carbocycles. The molecule has 0 aliphatic carbocycles. The first-order valence-corrected chi connectivity index (χ1v) is 11.4. The van der Waals surface area contributed by atoms with E-state index in [0.29, 0.717) is 18.9 Å². The van der Waals surface area contributed by atoms with Crippen LogP contribution >= 0.6 is 0 Å². The Hall–Kier alpha value is -2.84. The molecular formula is C27H35N3O2. The highest BCUT2D eigenvalue weighted by molar-refractivity contribution is 5.70. The Labute approximate surface area is 192 Å². The van der Waals surface area contributed by atoms with Crippen LogP contribution in [0.4, 0.5) is 4.79 Å². The van der Waals surface area contributed by atoms with Crippen molar-refractivity contribution in [3.8, 4) is 17.2 Å². The van der Waals surface area contributed by atoms with Crippen molar-refractivity contribution in [1.29, 1.82) is 5.26 Å². The highest BCUT2D eigenvalue weighted by Gasteiger charge is 2.40. The van der Waals surface area contributed by atoms with Gasteiger partial charge in [0.05, 0.1) is 6.07 Å². The number of nitriles is 1. The molecule has 3 rings (SSSR count). The molecule has 1 amide bonds. The van der Waals surface area contributed by atoms with E-state index in [1.807, 2.05) is 26.8 Å². The molecule has 1 aliphatic heterocycles. The number of hydrogen-bond donors (Lipinski definition) is 0. The van der Waals surface area contributed by atoms with Gasteiger partial charge in [-0.1, -0.05) is 68.4 Å². The summed E-state index contributed by atoms with van der Waals surface area (Å²) in [6.07, 6.45) is 0.233. The molecule has 1 heterocycles. The average molecular weight is 434 g/mol. The number of hydrogen-bond acceptors (Lipinski definition) is 4. The third kappa shape index (κ3) is 6.11. The second-order valence-electron chi connectivity index (χ2n) is 10.0. The SMILES string of the molecule is CC(C)CN(Cc1ccccc1-c1ccccc1)[C@@H]1C[C@@H](C#N)N(C(=O)OC(C)(C)C)C1. The van der Waals surface area contributed by atoms with Crippen molar-refractivity contribution in [2.24, 2.45) is 5.92 Å². The normalized spacial score (nSPS) is 18.8. The van der Waals surface area contributed by atoms with E-state index in [-0.39, 0.29) is 6.04 Å². The minimum Gasteiger partial charge on any atom is -0.444 e. The van der Waals surface area contributed by atoms with Crippen LogP contribution in [-0.4, -0.2) is 46.7 Å². The predicted octanol–water partition coefficient (Wildman–Crippen LogP) is 5.71. The van der Waals surface area contributed by atoms with Gasteiger partial charge in [0.2, 0.25) is 0 Å². The molecule has 0 N–H and O–H groups in total. The lowest BCUT2D eigenvalue weighted by Crippen LogP contribution is -2.42. The highest BCUT2D eigenvalue weighted by Crippen LogP contribution is 2.29. The highest BCUT2D eigenvalue weighted by atomic mass is 16.6. The van der Waals surface area contributed by atoms with Crippen molar-refractivity contribution in [2.75, 3.05) is 13.1 Å². The minimum absolute atomic E-state index is 0.110. The summed E-state index contributed by atoms with van der Waals surface area (Å²) in [6.45, 7) is 12.1. The Morgan fingerprint density at radius 1 is 1.16 bits per heavy atom. The van der Waals surface area contributed by atoms with Crippen LogP contribution in [0, 0.1) is 17.2 Å². The fourth-order valence-electron chi connectivity index (χ4n) is 4.31. The largest absolute Gasteiger partial charge is 0.444 e. The maximum absolute atomic E-state index is 12.8. The third-order valence-electron chi connectivity index (χ3n) is 5.65. The molecule has 5 heteroatoms. The topological polar surface area (TPSA) is 56.6 Å². The van der Waals surface area contributed by atoms with E-state index < -0.39 is 17.7 Å². The summed E-state index contributed by atoms with van der Waals surface area (Å²) in [5.41, 5.74) is 3.09. The molecule has 2 aromatic rings. The Morgan fingerprint density at radius 2 is 1.81 bits per heavy atom. The molecule has 170 valence electrons. The zero-order valence-electron chi connectivity index (χ0n) is 19.9. The Balaban J connectivity index is 1.84. The number of carbonyl (C=O) groups is 1. The maximum atomic E-state index is 12.8. The molecule has 0 saturated carbocycles. The molecule has 0 unspecified atom stereocenters. The van der Waals surface area contributed by atoms with Gasteiger partial charge in [-0.15, -0.1) is 0 Å². The fourth-order valence-corrected chi connectivity index (χ4v) is 4.31. The molecule has 0 radical (unpaired) electrons. The second-order valence-corrected chi connectivity index (χ2v) is 10.0. The van der Waals surface area contributed by atoms with Gasteiger partial charge in [-0.05, 0) is 49.8 Å². The lowest BCUT2D eigenvalue weighted by Gasteiger charge is -2.31. The smallest absolute Gasteiger partial charge is 0.411 e. The van der Waals surface area contributed by atoms with E-state index in [0.717, 1.165) is 13.1 Å². The molecule has 1 aliphatic rings. The third-order valence-corrected chi connectivity index (χ3v) is 5.65. The predicted molar refractivity (Wildman–Crippen MR) is 128 cm³/mol. The van der Waals surface area contributed by atoms with Crippen LogP contribution in [0.1, 0.15) is 46.6 Å². The van der Waals surface area contributed by atoms with E-state index in [9.17, 15) is 10.1 Å². The maximum Gasteiger partial charge on any atom is 0.411 e. The summed E-state index contributed by atoms with van der Waals surface area (Å²) >= 11 is 0. The number of benzene rings is 2. The number of carbonyl (C=O) groups excluding carboxylic acids is 1. The van der Waals surface area contributed by atoms with Gasteiger partial charge in [0.15, 0.2) is 0 Å². The minimum atomic E-state index is -0.582. The van der Waals surface area contributed by atoms with Crippen molar-refractivity contribution in [3.05, 3.63) is 60.2 Å². The summed E-state index contributed by atoms with van der Waals surface area (Å²) in [6, 6.07) is 20.9. The van der Waals surface area contributed by atoms with Gasteiger partial charge in [-0.2, -0.15) is 5.26 Å². The molecule has 5 nitrogen and oxygen atoms in total. The fraction of sp³-hybridized carbons (Fsp3) is 0.481. The van der Waals surface area contributed by atoms with Gasteiger partial charge < -0.3 is 4.74 Å². The number of amides is 1. The van der Waals surface area contributed by atoms with Crippen molar-refractivity contribution < 1.29 is 9.53 Å². The molecule has 0 spiro atoms. The average Bonchev–Trinajstić information content (AvgIpc) is 3.17. The summed E-state index contributed by atoms with van der Waals surface area (Å²) < 4.78 is 5.58. The number of rotatable bonds is 6. The van der Waals surface area contributed by atoms with Crippen LogP contribution in [0.25, 0.3) is 11.1 Å². The Morgan fingerprint density at radius 3 is 2.44 bits per heavy atom. The quantitative estimate of drug-likeness (QED) is 0.585. The van der Waals surface area contributed by atoms with Crippen molar-refractivity contribution in [3.63, 3.8) is 0 Å². The van der Waals surface area contributed by atoms with Gasteiger partial charge in [-0.25, -0.2) is 4.79 Å². The van der Waals surface area contributed by atoms with Gasteiger partial charge >= 0.3 is 6.09 Å². The summed E-state index contributed by atoms with van der Waals surface area (Å²) in [5, 5.41) is 9.73. The van der Waals surface area contributed by atoms with Crippen LogP contribution in [0.15, 0.2) is 54.6 Å². The van der Waals surface area contributed by atoms with Crippen LogP contribution in [0.2, 0.25) is 0 Å². The van der Waals surface area contributed by atoms with Crippen molar-refractivity contribution in [2.45, 2.75) is 65.3 Å². The van der Waals surface area contributed by atoms with Crippen LogP contribution in [-0.2, 0) is 11.3 Å². The first-order valence-electron chi connectivity index (χ1n) is 11.4. The first kappa shape index (κ1) is 23.8. The standard InChI is InChI=1S/C27H35N3O2/c1-20(2)17-29(18-22-13-9-10-14-25(22)21-11-7-6-8-12-21)24-15-23(16-28)30(19-24)26(31)32-27(3,4)5/h6-14,20,23-24H,15,17-19H2,1-5H3/t23-,24+/m0/s1. The lowest BCUT2D eigenvalue weighted by molar-refractivity contribution is 0.0244. The first-order chi connectivity index (χ1) is 15.2. The van der Waals surface area contributed by atoms with Crippen LogP contribution in [0.3, 0.4) is 0 Å². The van der Waals surface area contributed by atoms with E-state index in [1.54, 1.807) is 4.90 Å². The van der Waals surface area contributed by atoms with Crippen molar-refractivity contribution >= 4 is 6.09 Å². The van der Waals surface area contributed by atoms with E-state index >= 15 is 0 Å².